The molecule has 1 fully saturated rings. The third kappa shape index (κ3) is 7.87. The van der Waals surface area contributed by atoms with Crippen molar-refractivity contribution in [3.05, 3.63) is 107 Å². The Morgan fingerprint density at radius 3 is 1.80 bits per heavy atom. The minimum atomic E-state index is -0.407. The lowest BCUT2D eigenvalue weighted by atomic mass is 9.87. The molecule has 0 radical (unpaired) electrons. The van der Waals surface area contributed by atoms with Crippen LogP contribution in [0.25, 0.3) is 22.2 Å². The van der Waals surface area contributed by atoms with Crippen molar-refractivity contribution in [3.63, 3.8) is 0 Å². The number of fused-ring (bicyclic) bond motifs is 1. The maximum Gasteiger partial charge on any atom is 0.277 e. The van der Waals surface area contributed by atoms with E-state index in [0.29, 0.717) is 56.9 Å². The van der Waals surface area contributed by atoms with Gasteiger partial charge >= 0.3 is 0 Å². The van der Waals surface area contributed by atoms with Crippen molar-refractivity contribution in [2.45, 2.75) is 45.4 Å². The number of amides is 3. The lowest BCUT2D eigenvalue weighted by Crippen LogP contribution is -2.32. The van der Waals surface area contributed by atoms with Gasteiger partial charge in [0.2, 0.25) is 0 Å². The molecule has 0 aliphatic heterocycles. The van der Waals surface area contributed by atoms with Crippen LogP contribution >= 0.6 is 0 Å². The second-order valence-corrected chi connectivity index (χ2v) is 12.2. The van der Waals surface area contributed by atoms with Crippen LogP contribution in [0.15, 0.2) is 84.9 Å². The van der Waals surface area contributed by atoms with Gasteiger partial charge in [0.05, 0.1) is 7.11 Å². The highest BCUT2D eigenvalue weighted by atomic mass is 16.7. The summed E-state index contributed by atoms with van der Waals surface area (Å²) in [5.74, 6) is -0.0369. The van der Waals surface area contributed by atoms with Crippen LogP contribution in [0.2, 0.25) is 0 Å². The molecule has 254 valence electrons. The van der Waals surface area contributed by atoms with Gasteiger partial charge in [-0.25, -0.2) is 5.06 Å². The van der Waals surface area contributed by atoms with Crippen LogP contribution in [0.3, 0.4) is 0 Å². The van der Waals surface area contributed by atoms with E-state index in [0.717, 1.165) is 6.42 Å². The van der Waals surface area contributed by atoms with Gasteiger partial charge in [-0.3, -0.25) is 24.0 Å². The highest BCUT2D eigenvalue weighted by Gasteiger charge is 2.20. The summed E-state index contributed by atoms with van der Waals surface area (Å²) in [7, 11) is 1.50. The summed E-state index contributed by atoms with van der Waals surface area (Å²) in [6.07, 6.45) is 7.09. The lowest BCUT2D eigenvalue weighted by molar-refractivity contribution is -0.0978. The fourth-order valence-corrected chi connectivity index (χ4v) is 6.22. The second-order valence-electron chi connectivity index (χ2n) is 12.2. The van der Waals surface area contributed by atoms with Crippen molar-refractivity contribution in [1.29, 1.82) is 0 Å². The third-order valence-electron chi connectivity index (χ3n) is 8.93. The zero-order chi connectivity index (χ0) is 35.0. The number of ketones is 1. The summed E-state index contributed by atoms with van der Waals surface area (Å²) in [5, 5.41) is 24.7. The van der Waals surface area contributed by atoms with E-state index in [1.165, 1.54) is 51.2 Å². The average molecular weight is 672 g/mol. The van der Waals surface area contributed by atoms with E-state index in [1.807, 2.05) is 6.07 Å². The van der Waals surface area contributed by atoms with E-state index in [9.17, 15) is 19.2 Å². The molecular formula is C38H37N7O5. The first kappa shape index (κ1) is 34.0. The molecule has 2 N–H and O–H groups in total. The highest BCUT2D eigenvalue weighted by Crippen LogP contribution is 2.27. The number of carbonyl (C=O) groups is 4. The molecule has 0 saturated heterocycles. The summed E-state index contributed by atoms with van der Waals surface area (Å²) in [5.41, 5.74) is 2.55. The molecule has 1 aliphatic rings. The number of anilines is 2. The number of hydroxylamine groups is 2. The Morgan fingerprint density at radius 2 is 1.24 bits per heavy atom. The lowest BCUT2D eigenvalue weighted by Gasteiger charge is -2.25. The number of benzene rings is 3. The maximum absolute atomic E-state index is 13.1. The Hall–Kier alpha value is -5.88. The van der Waals surface area contributed by atoms with E-state index in [-0.39, 0.29) is 29.2 Å². The first-order valence-electron chi connectivity index (χ1n) is 16.6. The smallest absolute Gasteiger partial charge is 0.277 e. The van der Waals surface area contributed by atoms with E-state index in [2.05, 4.69) is 31.0 Å². The van der Waals surface area contributed by atoms with Crippen molar-refractivity contribution < 1.29 is 24.0 Å². The average Bonchev–Trinajstić information content (AvgIpc) is 3.15. The molecule has 50 heavy (non-hydrogen) atoms. The summed E-state index contributed by atoms with van der Waals surface area (Å²) in [6.45, 7) is 2.02. The largest absolute Gasteiger partial charge is 0.305 e. The number of hydrogen-bond acceptors (Lipinski definition) is 9. The van der Waals surface area contributed by atoms with Gasteiger partial charge in [-0.15, -0.1) is 20.4 Å². The van der Waals surface area contributed by atoms with Crippen LogP contribution in [-0.4, -0.2) is 62.6 Å². The number of hydrogen-bond donors (Lipinski definition) is 2. The Kier molecular flexibility index (Phi) is 10.6. The number of rotatable bonds is 11. The van der Waals surface area contributed by atoms with Gasteiger partial charge in [-0.1, -0.05) is 62.4 Å². The standard InChI is InChI=1S/C38H37N7O5/c1-24(46)28-10-6-12-30-29(28)11-7-13-31(30)37(48)40-35-21-19-33(42-44-35)32-18-20-34(43-41-32)39-36(47)26-14-16-27(17-15-26)38(49)45(50-2)23-22-25-8-4-3-5-9-25/h6-7,10-21,25H,3-5,8-9,22-23H2,1-2H3,(H,39,43,47)(H,40,44,48). The topological polar surface area (TPSA) is 156 Å². The van der Waals surface area contributed by atoms with E-state index >= 15 is 0 Å². The van der Waals surface area contributed by atoms with Gasteiger partial charge in [-0.05, 0) is 84.6 Å². The van der Waals surface area contributed by atoms with Crippen LogP contribution < -0.4 is 10.6 Å². The van der Waals surface area contributed by atoms with Crippen LogP contribution in [-0.2, 0) is 4.84 Å². The highest BCUT2D eigenvalue weighted by molar-refractivity contribution is 6.16. The molecule has 12 nitrogen and oxygen atoms in total. The quantitative estimate of drug-likeness (QED) is 0.114. The molecule has 2 heterocycles. The number of nitrogens with one attached hydrogen (secondary N) is 2. The summed E-state index contributed by atoms with van der Waals surface area (Å²) in [4.78, 5) is 56.4. The minimum absolute atomic E-state index is 0.0816. The number of nitrogens with zero attached hydrogens (tertiary/aromatic N) is 5. The molecule has 2 aromatic heterocycles. The van der Waals surface area contributed by atoms with Crippen LogP contribution in [0.4, 0.5) is 11.6 Å². The van der Waals surface area contributed by atoms with E-state index < -0.39 is 5.91 Å². The normalized spacial score (nSPS) is 13.1. The zero-order valence-corrected chi connectivity index (χ0v) is 27.9. The summed E-state index contributed by atoms with van der Waals surface area (Å²) >= 11 is 0. The van der Waals surface area contributed by atoms with Crippen LogP contribution in [0.1, 0.15) is 86.9 Å². The third-order valence-corrected chi connectivity index (χ3v) is 8.93. The number of aromatic nitrogens is 4. The summed E-state index contributed by atoms with van der Waals surface area (Å²) in [6, 6.07) is 23.4. The van der Waals surface area contributed by atoms with E-state index in [4.69, 9.17) is 4.84 Å². The Labute approximate surface area is 289 Å². The Balaban J connectivity index is 1.04. The molecule has 0 atom stereocenters. The van der Waals surface area contributed by atoms with Crippen molar-refractivity contribution in [2.24, 2.45) is 5.92 Å². The zero-order valence-electron chi connectivity index (χ0n) is 27.9. The van der Waals surface area contributed by atoms with E-state index in [1.54, 1.807) is 78.9 Å². The second kappa shape index (κ2) is 15.6. The number of carbonyl (C=O) groups excluding carboxylic acids is 4. The molecule has 5 aromatic rings. The molecule has 6 rings (SSSR count). The van der Waals surface area contributed by atoms with Crippen molar-refractivity contribution in [2.75, 3.05) is 24.3 Å². The van der Waals surface area contributed by atoms with Gasteiger partial charge in [0.25, 0.3) is 17.7 Å². The molecule has 1 saturated carbocycles. The fraction of sp³-hybridized carbons (Fsp3) is 0.263. The number of Topliss-reactive ketones (excluding diaryl/α,β-unsaturated/α-hetero) is 1. The summed E-state index contributed by atoms with van der Waals surface area (Å²) < 4.78 is 0. The Morgan fingerprint density at radius 1 is 0.680 bits per heavy atom. The monoisotopic (exact) mass is 671 g/mol. The van der Waals surface area contributed by atoms with Crippen LogP contribution in [0, 0.1) is 5.92 Å². The SMILES string of the molecule is CON(CCC1CCCCC1)C(=O)c1ccc(C(=O)Nc2ccc(-c3ccc(NC(=O)c4cccc5c(C(C)=O)cccc45)nn3)nn2)cc1. The van der Waals surface area contributed by atoms with Crippen molar-refractivity contribution in [1.82, 2.24) is 25.5 Å². The predicted molar refractivity (Wildman–Crippen MR) is 189 cm³/mol. The molecule has 1 aliphatic carbocycles. The fourth-order valence-electron chi connectivity index (χ4n) is 6.22. The van der Waals surface area contributed by atoms with Gasteiger partial charge < -0.3 is 10.6 Å². The Bertz CT molecular complexity index is 2010. The first-order valence-corrected chi connectivity index (χ1v) is 16.6. The molecule has 12 heteroatoms. The first-order chi connectivity index (χ1) is 24.3. The van der Waals surface area contributed by atoms with Gasteiger partial charge in [0.1, 0.15) is 11.4 Å². The molecule has 0 bridgehead atoms. The van der Waals surface area contributed by atoms with Gasteiger partial charge in [0.15, 0.2) is 17.4 Å². The molecule has 3 amide bonds. The molecule has 3 aromatic carbocycles. The maximum atomic E-state index is 13.1. The van der Waals surface area contributed by atoms with Crippen molar-refractivity contribution in [3.8, 4) is 11.4 Å². The molecular weight excluding hydrogens is 634 g/mol. The molecule has 0 spiro atoms. The molecule has 0 unspecified atom stereocenters. The van der Waals surface area contributed by atoms with Gasteiger partial charge in [-0.2, -0.15) is 0 Å². The van der Waals surface area contributed by atoms with Gasteiger partial charge in [0, 0.05) is 28.8 Å². The minimum Gasteiger partial charge on any atom is -0.305 e. The van der Waals surface area contributed by atoms with Crippen molar-refractivity contribution >= 4 is 45.9 Å². The predicted octanol–water partition coefficient (Wildman–Crippen LogP) is 6.77. The van der Waals surface area contributed by atoms with Crippen LogP contribution in [0.5, 0.6) is 0 Å².